The molecule has 21 heavy (non-hydrogen) atoms. The first-order chi connectivity index (χ1) is 10.3. The topological polar surface area (TPSA) is 41.1 Å². The molecule has 0 atom stereocenters. The molecular weight excluding hydrogens is 260 g/mol. The van der Waals surface area contributed by atoms with Gasteiger partial charge in [0.25, 0.3) is 5.91 Å². The molecule has 0 unspecified atom stereocenters. The summed E-state index contributed by atoms with van der Waals surface area (Å²) >= 11 is 0. The third-order valence-corrected chi connectivity index (χ3v) is 4.47. The highest BCUT2D eigenvalue weighted by Gasteiger charge is 2.20. The average molecular weight is 278 g/mol. The van der Waals surface area contributed by atoms with Gasteiger partial charge < -0.3 is 10.6 Å². The molecule has 2 aromatic rings. The van der Waals surface area contributed by atoms with Crippen LogP contribution in [0.5, 0.6) is 0 Å². The van der Waals surface area contributed by atoms with E-state index in [1.807, 2.05) is 12.1 Å². The summed E-state index contributed by atoms with van der Waals surface area (Å²) in [6.07, 6.45) is 0.930. The van der Waals surface area contributed by atoms with Crippen molar-refractivity contribution in [1.82, 2.24) is 10.6 Å². The Bertz CT molecular complexity index is 704. The van der Waals surface area contributed by atoms with Crippen LogP contribution < -0.4 is 10.6 Å². The molecule has 2 aliphatic rings. The van der Waals surface area contributed by atoms with Gasteiger partial charge in [0, 0.05) is 31.1 Å². The standard InChI is InChI=1S/C18H18N2O/c21-18(20-11-12-9-19-10-12)14-5-6-17-15(8-14)7-13-3-1-2-4-16(13)17/h1-6,8,12,19H,7,9-11H2,(H,20,21). The smallest absolute Gasteiger partial charge is 0.251 e. The van der Waals surface area contributed by atoms with Crippen LogP contribution in [-0.2, 0) is 6.42 Å². The van der Waals surface area contributed by atoms with E-state index in [1.165, 1.54) is 22.3 Å². The molecule has 1 aliphatic carbocycles. The summed E-state index contributed by atoms with van der Waals surface area (Å²) in [5, 5.41) is 6.25. The van der Waals surface area contributed by atoms with Crippen molar-refractivity contribution < 1.29 is 4.79 Å². The van der Waals surface area contributed by atoms with Crippen LogP contribution in [0.1, 0.15) is 21.5 Å². The van der Waals surface area contributed by atoms with Gasteiger partial charge in [0.05, 0.1) is 0 Å². The van der Waals surface area contributed by atoms with E-state index in [9.17, 15) is 4.79 Å². The first-order valence-electron chi connectivity index (χ1n) is 7.51. The van der Waals surface area contributed by atoms with Crippen molar-refractivity contribution in [3.8, 4) is 11.1 Å². The van der Waals surface area contributed by atoms with Crippen LogP contribution in [0.4, 0.5) is 0 Å². The van der Waals surface area contributed by atoms with Crippen molar-refractivity contribution in [3.63, 3.8) is 0 Å². The molecule has 1 amide bonds. The minimum atomic E-state index is 0.0423. The van der Waals surface area contributed by atoms with E-state index < -0.39 is 0 Å². The van der Waals surface area contributed by atoms with Crippen molar-refractivity contribution >= 4 is 5.91 Å². The van der Waals surface area contributed by atoms with E-state index in [-0.39, 0.29) is 5.91 Å². The zero-order valence-corrected chi connectivity index (χ0v) is 11.9. The number of fused-ring (bicyclic) bond motifs is 3. The van der Waals surface area contributed by atoms with Crippen LogP contribution in [0.15, 0.2) is 42.5 Å². The predicted molar refractivity (Wildman–Crippen MR) is 83.4 cm³/mol. The largest absolute Gasteiger partial charge is 0.352 e. The molecule has 0 bridgehead atoms. The highest BCUT2D eigenvalue weighted by molar-refractivity contribution is 5.95. The summed E-state index contributed by atoms with van der Waals surface area (Å²) in [6, 6.07) is 14.5. The lowest BCUT2D eigenvalue weighted by Crippen LogP contribution is -2.48. The summed E-state index contributed by atoms with van der Waals surface area (Å²) < 4.78 is 0. The van der Waals surface area contributed by atoms with Gasteiger partial charge in [0.15, 0.2) is 0 Å². The third kappa shape index (κ3) is 2.24. The molecule has 3 heteroatoms. The summed E-state index contributed by atoms with van der Waals surface area (Å²) in [4.78, 5) is 12.2. The highest BCUT2D eigenvalue weighted by Crippen LogP contribution is 2.36. The van der Waals surface area contributed by atoms with Crippen molar-refractivity contribution in [3.05, 3.63) is 59.2 Å². The number of hydrogen-bond donors (Lipinski definition) is 2. The zero-order chi connectivity index (χ0) is 14.2. The Morgan fingerprint density at radius 3 is 2.71 bits per heavy atom. The van der Waals surface area contributed by atoms with Gasteiger partial charge in [-0.05, 0) is 40.8 Å². The van der Waals surface area contributed by atoms with Crippen LogP contribution in [0.25, 0.3) is 11.1 Å². The molecule has 1 saturated heterocycles. The second-order valence-electron chi connectivity index (χ2n) is 5.94. The van der Waals surface area contributed by atoms with Gasteiger partial charge in [-0.3, -0.25) is 4.79 Å². The van der Waals surface area contributed by atoms with Gasteiger partial charge in [-0.15, -0.1) is 0 Å². The van der Waals surface area contributed by atoms with Gasteiger partial charge in [-0.1, -0.05) is 30.3 Å². The molecule has 4 rings (SSSR count). The lowest BCUT2D eigenvalue weighted by atomic mass is 10.0. The summed E-state index contributed by atoms with van der Waals surface area (Å²) in [7, 11) is 0. The van der Waals surface area contributed by atoms with Crippen LogP contribution >= 0.6 is 0 Å². The fourth-order valence-corrected chi connectivity index (χ4v) is 3.12. The van der Waals surface area contributed by atoms with Crippen LogP contribution in [0, 0.1) is 5.92 Å². The maximum Gasteiger partial charge on any atom is 0.251 e. The average Bonchev–Trinajstić information content (AvgIpc) is 2.83. The van der Waals surface area contributed by atoms with Crippen LogP contribution in [-0.4, -0.2) is 25.5 Å². The number of hydrogen-bond acceptors (Lipinski definition) is 2. The Labute approximate surface area is 124 Å². The molecule has 3 nitrogen and oxygen atoms in total. The Morgan fingerprint density at radius 2 is 1.90 bits per heavy atom. The van der Waals surface area contributed by atoms with Crippen LogP contribution in [0.3, 0.4) is 0 Å². The number of nitrogens with one attached hydrogen (secondary N) is 2. The molecule has 2 N–H and O–H groups in total. The van der Waals surface area contributed by atoms with E-state index >= 15 is 0 Å². The molecule has 0 saturated carbocycles. The number of carbonyl (C=O) groups excluding carboxylic acids is 1. The van der Waals surface area contributed by atoms with Gasteiger partial charge in [-0.25, -0.2) is 0 Å². The first kappa shape index (κ1) is 12.6. The number of benzene rings is 2. The summed E-state index contributed by atoms with van der Waals surface area (Å²) in [5.74, 6) is 0.633. The van der Waals surface area contributed by atoms with Crippen LogP contribution in [0.2, 0.25) is 0 Å². The summed E-state index contributed by atoms with van der Waals surface area (Å²) in [5.41, 5.74) is 5.96. The highest BCUT2D eigenvalue weighted by atomic mass is 16.1. The molecule has 1 fully saturated rings. The Balaban J connectivity index is 1.53. The van der Waals surface area contributed by atoms with Gasteiger partial charge in [0.1, 0.15) is 0 Å². The maximum absolute atomic E-state index is 12.2. The van der Waals surface area contributed by atoms with E-state index in [2.05, 4.69) is 41.0 Å². The lowest BCUT2D eigenvalue weighted by molar-refractivity contribution is 0.0942. The summed E-state index contributed by atoms with van der Waals surface area (Å²) in [6.45, 7) is 2.79. The number of amides is 1. The quantitative estimate of drug-likeness (QED) is 0.771. The van der Waals surface area contributed by atoms with Gasteiger partial charge >= 0.3 is 0 Å². The Hall–Kier alpha value is -2.13. The van der Waals surface area contributed by atoms with Crippen molar-refractivity contribution in [2.45, 2.75) is 6.42 Å². The third-order valence-electron chi connectivity index (χ3n) is 4.47. The SMILES string of the molecule is O=C(NCC1CNC1)c1ccc2c(c1)Cc1ccccc1-2. The monoisotopic (exact) mass is 278 g/mol. The number of rotatable bonds is 3. The number of carbonyl (C=O) groups is 1. The first-order valence-corrected chi connectivity index (χ1v) is 7.51. The molecular formula is C18H18N2O. The molecule has 0 spiro atoms. The second-order valence-corrected chi connectivity index (χ2v) is 5.94. The molecule has 1 heterocycles. The lowest BCUT2D eigenvalue weighted by Gasteiger charge is -2.27. The van der Waals surface area contributed by atoms with Gasteiger partial charge in [-0.2, -0.15) is 0 Å². The minimum Gasteiger partial charge on any atom is -0.352 e. The maximum atomic E-state index is 12.2. The fraction of sp³-hybridized carbons (Fsp3) is 0.278. The van der Waals surface area contributed by atoms with E-state index in [1.54, 1.807) is 0 Å². The van der Waals surface area contributed by atoms with E-state index in [4.69, 9.17) is 0 Å². The molecule has 1 aliphatic heterocycles. The molecule has 0 radical (unpaired) electrons. The Kier molecular flexibility index (Phi) is 3.00. The van der Waals surface area contributed by atoms with Crippen molar-refractivity contribution in [2.24, 2.45) is 5.92 Å². The molecule has 2 aromatic carbocycles. The second kappa shape index (κ2) is 5.01. The fourth-order valence-electron chi connectivity index (χ4n) is 3.12. The van der Waals surface area contributed by atoms with E-state index in [0.717, 1.165) is 31.6 Å². The predicted octanol–water partition coefficient (Wildman–Crippen LogP) is 2.21. The van der Waals surface area contributed by atoms with Crippen molar-refractivity contribution in [2.75, 3.05) is 19.6 Å². The van der Waals surface area contributed by atoms with Crippen molar-refractivity contribution in [1.29, 1.82) is 0 Å². The molecule has 0 aromatic heterocycles. The van der Waals surface area contributed by atoms with E-state index in [0.29, 0.717) is 5.92 Å². The minimum absolute atomic E-state index is 0.0423. The van der Waals surface area contributed by atoms with Gasteiger partial charge in [0.2, 0.25) is 0 Å². The molecule has 106 valence electrons. The zero-order valence-electron chi connectivity index (χ0n) is 11.9. The Morgan fingerprint density at radius 1 is 1.10 bits per heavy atom. The normalized spacial score (nSPS) is 16.0.